The summed E-state index contributed by atoms with van der Waals surface area (Å²) in [6, 6.07) is 13.2. The van der Waals surface area contributed by atoms with E-state index in [9.17, 15) is 14.9 Å². The average molecular weight is 420 g/mol. The van der Waals surface area contributed by atoms with E-state index in [1.54, 1.807) is 36.1 Å². The van der Waals surface area contributed by atoms with Crippen molar-refractivity contribution in [1.82, 2.24) is 14.3 Å². The molecule has 160 valence electrons. The van der Waals surface area contributed by atoms with Gasteiger partial charge >= 0.3 is 11.9 Å². The Morgan fingerprint density at radius 3 is 2.48 bits per heavy atom. The molecule has 0 saturated heterocycles. The van der Waals surface area contributed by atoms with Gasteiger partial charge in [0.25, 0.3) is 0 Å². The first kappa shape index (κ1) is 21.8. The van der Waals surface area contributed by atoms with E-state index < -0.39 is 11.9 Å². The van der Waals surface area contributed by atoms with E-state index in [-0.39, 0.29) is 19.8 Å². The molecule has 0 radical (unpaired) electrons. The van der Waals surface area contributed by atoms with E-state index in [1.165, 1.54) is 0 Å². The molecule has 0 atom stereocenters. The Morgan fingerprint density at radius 1 is 1.13 bits per heavy atom. The molecule has 3 rings (SSSR count). The lowest BCUT2D eigenvalue weighted by Crippen LogP contribution is -2.17. The standard InChI is InChI=1S/C23H24N4O4/c1-5-30-23(29)19-11-15(2)26(17(19)4)13-22(28)31-14-21-20(12-24)16(3)25-27(21)18-9-7-6-8-10-18/h6-11H,5,13-14H2,1-4H3. The van der Waals surface area contributed by atoms with Gasteiger partial charge in [-0.25, -0.2) is 9.48 Å². The number of esters is 2. The number of aromatic nitrogens is 3. The number of nitrogens with zero attached hydrogens (tertiary/aromatic N) is 4. The van der Waals surface area contributed by atoms with Gasteiger partial charge < -0.3 is 14.0 Å². The van der Waals surface area contributed by atoms with E-state index >= 15 is 0 Å². The molecule has 0 aliphatic carbocycles. The lowest BCUT2D eigenvalue weighted by atomic mass is 10.2. The highest BCUT2D eigenvalue weighted by Crippen LogP contribution is 2.20. The molecule has 0 aliphatic rings. The van der Waals surface area contributed by atoms with Crippen molar-refractivity contribution in [2.45, 2.75) is 40.8 Å². The quantitative estimate of drug-likeness (QED) is 0.543. The van der Waals surface area contributed by atoms with Crippen molar-refractivity contribution in [3.05, 3.63) is 70.3 Å². The highest BCUT2D eigenvalue weighted by molar-refractivity contribution is 5.91. The Hall–Kier alpha value is -3.86. The molecule has 2 aromatic heterocycles. The second-order valence-corrected chi connectivity index (χ2v) is 7.02. The summed E-state index contributed by atoms with van der Waals surface area (Å²) in [5.74, 6) is -0.907. The van der Waals surface area contributed by atoms with Crippen LogP contribution in [0.25, 0.3) is 5.69 Å². The number of carbonyl (C=O) groups is 2. The number of aryl methyl sites for hydroxylation is 2. The van der Waals surface area contributed by atoms with Crippen LogP contribution in [-0.2, 0) is 27.4 Å². The number of nitriles is 1. The topological polar surface area (TPSA) is 99.1 Å². The van der Waals surface area contributed by atoms with Crippen molar-refractivity contribution in [1.29, 1.82) is 5.26 Å². The van der Waals surface area contributed by atoms with Gasteiger partial charge in [-0.3, -0.25) is 4.79 Å². The Labute approximate surface area is 180 Å². The predicted molar refractivity (Wildman–Crippen MR) is 113 cm³/mol. The molecular formula is C23H24N4O4. The molecule has 0 saturated carbocycles. The number of benzene rings is 1. The lowest BCUT2D eigenvalue weighted by molar-refractivity contribution is -0.145. The van der Waals surface area contributed by atoms with Crippen LogP contribution in [0.3, 0.4) is 0 Å². The van der Waals surface area contributed by atoms with E-state index in [2.05, 4.69) is 11.2 Å². The van der Waals surface area contributed by atoms with Gasteiger partial charge in [-0.15, -0.1) is 0 Å². The van der Waals surface area contributed by atoms with Crippen LogP contribution in [0.2, 0.25) is 0 Å². The van der Waals surface area contributed by atoms with Crippen LogP contribution in [0.5, 0.6) is 0 Å². The molecule has 0 aliphatic heterocycles. The fourth-order valence-electron chi connectivity index (χ4n) is 3.42. The van der Waals surface area contributed by atoms with Gasteiger partial charge in [0.2, 0.25) is 0 Å². The third kappa shape index (κ3) is 4.51. The molecular weight excluding hydrogens is 396 g/mol. The molecule has 0 spiro atoms. The van der Waals surface area contributed by atoms with Crippen molar-refractivity contribution in [3.8, 4) is 11.8 Å². The predicted octanol–water partition coefficient (Wildman–Crippen LogP) is 3.39. The van der Waals surface area contributed by atoms with Crippen LogP contribution in [0.15, 0.2) is 36.4 Å². The van der Waals surface area contributed by atoms with Gasteiger partial charge in [-0.2, -0.15) is 10.4 Å². The first-order valence-corrected chi connectivity index (χ1v) is 9.90. The third-order valence-corrected chi connectivity index (χ3v) is 4.99. The maximum atomic E-state index is 12.6. The normalized spacial score (nSPS) is 10.5. The van der Waals surface area contributed by atoms with Crippen molar-refractivity contribution in [2.75, 3.05) is 6.61 Å². The highest BCUT2D eigenvalue weighted by Gasteiger charge is 2.21. The molecule has 8 nitrogen and oxygen atoms in total. The average Bonchev–Trinajstić information content (AvgIpc) is 3.23. The minimum Gasteiger partial charge on any atom is -0.462 e. The van der Waals surface area contributed by atoms with Crippen molar-refractivity contribution < 1.29 is 19.1 Å². The van der Waals surface area contributed by atoms with E-state index in [4.69, 9.17) is 9.47 Å². The largest absolute Gasteiger partial charge is 0.462 e. The van der Waals surface area contributed by atoms with Crippen LogP contribution >= 0.6 is 0 Å². The number of ether oxygens (including phenoxy) is 2. The van der Waals surface area contributed by atoms with Crippen LogP contribution in [0.1, 0.15) is 45.6 Å². The maximum absolute atomic E-state index is 12.6. The lowest BCUT2D eigenvalue weighted by Gasteiger charge is -2.11. The summed E-state index contributed by atoms with van der Waals surface area (Å²) >= 11 is 0. The molecule has 0 bridgehead atoms. The van der Waals surface area contributed by atoms with Gasteiger partial charge in [0.15, 0.2) is 0 Å². The smallest absolute Gasteiger partial charge is 0.339 e. The minimum atomic E-state index is -0.487. The fraction of sp³-hybridized carbons (Fsp3) is 0.304. The zero-order valence-electron chi connectivity index (χ0n) is 18.0. The van der Waals surface area contributed by atoms with Crippen molar-refractivity contribution in [3.63, 3.8) is 0 Å². The third-order valence-electron chi connectivity index (χ3n) is 4.99. The highest BCUT2D eigenvalue weighted by atomic mass is 16.5. The van der Waals surface area contributed by atoms with Gasteiger partial charge in [0, 0.05) is 11.4 Å². The van der Waals surface area contributed by atoms with Crippen LogP contribution in [0.4, 0.5) is 0 Å². The zero-order valence-corrected chi connectivity index (χ0v) is 18.0. The molecule has 0 N–H and O–H groups in total. The SMILES string of the molecule is CCOC(=O)c1cc(C)n(CC(=O)OCc2c(C#N)c(C)nn2-c2ccccc2)c1C. The monoisotopic (exact) mass is 420 g/mol. The number of carbonyl (C=O) groups excluding carboxylic acids is 2. The number of rotatable bonds is 7. The first-order chi connectivity index (χ1) is 14.9. The van der Waals surface area contributed by atoms with E-state index in [1.807, 2.05) is 37.3 Å². The fourth-order valence-corrected chi connectivity index (χ4v) is 3.42. The van der Waals surface area contributed by atoms with Gasteiger partial charge in [0.1, 0.15) is 24.8 Å². The Balaban J connectivity index is 1.78. The summed E-state index contributed by atoms with van der Waals surface area (Å²) in [4.78, 5) is 24.7. The molecule has 0 fully saturated rings. The van der Waals surface area contributed by atoms with Crippen LogP contribution < -0.4 is 0 Å². The van der Waals surface area contributed by atoms with E-state index in [0.29, 0.717) is 28.2 Å². The summed E-state index contributed by atoms with van der Waals surface area (Å²) in [5.41, 5.74) is 4.04. The number of hydrogen-bond acceptors (Lipinski definition) is 6. The van der Waals surface area contributed by atoms with Crippen LogP contribution in [0, 0.1) is 32.1 Å². The minimum absolute atomic E-state index is 0.0581. The summed E-state index contributed by atoms with van der Waals surface area (Å²) in [5, 5.41) is 14.0. The second kappa shape index (κ2) is 9.30. The molecule has 1 aromatic carbocycles. The van der Waals surface area contributed by atoms with Gasteiger partial charge in [-0.1, -0.05) is 18.2 Å². The Morgan fingerprint density at radius 2 is 1.84 bits per heavy atom. The molecule has 31 heavy (non-hydrogen) atoms. The molecule has 8 heteroatoms. The summed E-state index contributed by atoms with van der Waals surface area (Å²) in [6.45, 7) is 7.18. The summed E-state index contributed by atoms with van der Waals surface area (Å²) in [7, 11) is 0. The molecule has 3 aromatic rings. The number of hydrogen-bond donors (Lipinski definition) is 0. The molecule has 2 heterocycles. The second-order valence-electron chi connectivity index (χ2n) is 7.02. The first-order valence-electron chi connectivity index (χ1n) is 9.90. The van der Waals surface area contributed by atoms with E-state index in [0.717, 1.165) is 11.4 Å². The van der Waals surface area contributed by atoms with Crippen molar-refractivity contribution in [2.24, 2.45) is 0 Å². The summed E-state index contributed by atoms with van der Waals surface area (Å²) < 4.78 is 13.9. The van der Waals surface area contributed by atoms with Gasteiger partial charge in [-0.05, 0) is 45.9 Å². The van der Waals surface area contributed by atoms with Gasteiger partial charge in [0.05, 0.1) is 29.2 Å². The number of para-hydroxylation sites is 1. The van der Waals surface area contributed by atoms with Crippen molar-refractivity contribution >= 4 is 11.9 Å². The molecule has 0 amide bonds. The maximum Gasteiger partial charge on any atom is 0.339 e. The van der Waals surface area contributed by atoms with Crippen LogP contribution in [-0.4, -0.2) is 32.9 Å². The summed E-state index contributed by atoms with van der Waals surface area (Å²) in [6.07, 6.45) is 0. The Kier molecular flexibility index (Phi) is 6.55. The zero-order chi connectivity index (χ0) is 22.5. The molecule has 0 unspecified atom stereocenters. The Bertz CT molecular complexity index is 1150.